The van der Waals surface area contributed by atoms with Gasteiger partial charge in [0, 0.05) is 24.9 Å². The maximum absolute atomic E-state index is 11.4. The first kappa shape index (κ1) is 17.6. The van der Waals surface area contributed by atoms with Gasteiger partial charge >= 0.3 is 0 Å². The zero-order chi connectivity index (χ0) is 14.0. The molecular weight excluding hydrogens is 222 g/mol. The molecule has 0 N–H and O–H groups in total. The first-order valence-electron chi connectivity index (χ1n) is 7.76. The van der Waals surface area contributed by atoms with E-state index in [0.717, 1.165) is 25.7 Å². The third-order valence-electron chi connectivity index (χ3n) is 3.48. The fourth-order valence-electron chi connectivity index (χ4n) is 2.49. The summed E-state index contributed by atoms with van der Waals surface area (Å²) in [5.41, 5.74) is 0. The predicted molar refractivity (Wildman–Crippen MR) is 80.0 cm³/mol. The Morgan fingerprint density at radius 2 is 1.44 bits per heavy atom. The summed E-state index contributed by atoms with van der Waals surface area (Å²) in [6.45, 7) is 12.3. The van der Waals surface area contributed by atoms with Crippen LogP contribution in [0.1, 0.15) is 79.6 Å². The van der Waals surface area contributed by atoms with Crippen molar-refractivity contribution in [1.29, 1.82) is 0 Å². The monoisotopic (exact) mass is 255 g/mol. The van der Waals surface area contributed by atoms with E-state index in [2.05, 4.69) is 39.5 Å². The van der Waals surface area contributed by atoms with E-state index in [4.69, 9.17) is 0 Å². The van der Waals surface area contributed by atoms with Gasteiger partial charge in [-0.25, -0.2) is 0 Å². The molecule has 0 aliphatic carbocycles. The Bertz CT molecular complexity index is 203. The number of ketones is 1. The van der Waals surface area contributed by atoms with Crippen molar-refractivity contribution in [3.63, 3.8) is 0 Å². The largest absolute Gasteiger partial charge is 0.300 e. The molecule has 0 saturated heterocycles. The Morgan fingerprint density at radius 1 is 0.889 bits per heavy atom. The van der Waals surface area contributed by atoms with Crippen molar-refractivity contribution in [1.82, 2.24) is 4.90 Å². The molecule has 0 fully saturated rings. The van der Waals surface area contributed by atoms with Crippen LogP contribution in [0.2, 0.25) is 0 Å². The Kier molecular flexibility index (Phi) is 10.3. The van der Waals surface area contributed by atoms with E-state index in [0.29, 0.717) is 17.9 Å². The number of carbonyl (C=O) groups excluding carboxylic acids is 1. The van der Waals surface area contributed by atoms with E-state index in [1.807, 2.05) is 0 Å². The Labute approximate surface area is 114 Å². The number of nitrogens with zero attached hydrogens (tertiary/aromatic N) is 1. The van der Waals surface area contributed by atoms with Crippen LogP contribution >= 0.6 is 0 Å². The molecule has 2 heteroatoms. The first-order valence-corrected chi connectivity index (χ1v) is 7.76. The first-order chi connectivity index (χ1) is 8.49. The molecule has 0 aliphatic heterocycles. The fraction of sp³-hybridized carbons (Fsp3) is 0.938. The molecule has 0 unspecified atom stereocenters. The highest BCUT2D eigenvalue weighted by Gasteiger charge is 2.12. The van der Waals surface area contributed by atoms with Crippen molar-refractivity contribution in [2.45, 2.75) is 91.6 Å². The molecule has 0 spiro atoms. The summed E-state index contributed by atoms with van der Waals surface area (Å²) >= 11 is 0. The van der Waals surface area contributed by atoms with E-state index >= 15 is 0 Å². The molecule has 0 radical (unpaired) electrons. The van der Waals surface area contributed by atoms with Crippen LogP contribution in [0, 0.1) is 0 Å². The average Bonchev–Trinajstić information content (AvgIpc) is 2.27. The fourth-order valence-corrected chi connectivity index (χ4v) is 2.49. The Balaban J connectivity index is 3.52. The smallest absolute Gasteiger partial charge is 0.132 e. The van der Waals surface area contributed by atoms with E-state index in [1.54, 1.807) is 0 Å². The molecule has 0 aliphatic rings. The molecule has 0 aromatic carbocycles. The molecule has 0 atom stereocenters. The summed E-state index contributed by atoms with van der Waals surface area (Å²) in [7, 11) is 0. The number of rotatable bonds is 11. The van der Waals surface area contributed by atoms with Crippen molar-refractivity contribution in [2.75, 3.05) is 6.54 Å². The number of hydrogen-bond acceptors (Lipinski definition) is 2. The van der Waals surface area contributed by atoms with Gasteiger partial charge in [-0.05, 0) is 53.5 Å². The van der Waals surface area contributed by atoms with Crippen LogP contribution in [0.5, 0.6) is 0 Å². The number of hydrogen-bond donors (Lipinski definition) is 0. The minimum Gasteiger partial charge on any atom is -0.300 e. The van der Waals surface area contributed by atoms with E-state index in [-0.39, 0.29) is 0 Å². The van der Waals surface area contributed by atoms with Crippen LogP contribution in [0.4, 0.5) is 0 Å². The van der Waals surface area contributed by atoms with Gasteiger partial charge in [-0.3, -0.25) is 9.69 Å². The highest BCUT2D eigenvalue weighted by molar-refractivity contribution is 5.78. The summed E-state index contributed by atoms with van der Waals surface area (Å²) in [6, 6.07) is 1.27. The molecular formula is C16H33NO. The second-order valence-electron chi connectivity index (χ2n) is 5.88. The predicted octanol–water partition coefficient (Wildman–Crippen LogP) is 4.42. The molecule has 2 nitrogen and oxygen atoms in total. The molecule has 0 aromatic rings. The lowest BCUT2D eigenvalue weighted by Crippen LogP contribution is -2.37. The second-order valence-corrected chi connectivity index (χ2v) is 5.88. The van der Waals surface area contributed by atoms with Gasteiger partial charge < -0.3 is 0 Å². The van der Waals surface area contributed by atoms with E-state index in [1.165, 1.54) is 25.8 Å². The van der Waals surface area contributed by atoms with Crippen molar-refractivity contribution < 1.29 is 4.79 Å². The molecule has 18 heavy (non-hydrogen) atoms. The van der Waals surface area contributed by atoms with Crippen LogP contribution in [-0.2, 0) is 4.79 Å². The van der Waals surface area contributed by atoms with Gasteiger partial charge in [0.25, 0.3) is 0 Å². The quantitative estimate of drug-likeness (QED) is 0.509. The van der Waals surface area contributed by atoms with Gasteiger partial charge in [-0.1, -0.05) is 19.8 Å². The van der Waals surface area contributed by atoms with Gasteiger partial charge in [0.05, 0.1) is 0 Å². The third-order valence-corrected chi connectivity index (χ3v) is 3.48. The van der Waals surface area contributed by atoms with Crippen molar-refractivity contribution >= 4 is 5.78 Å². The SMILES string of the molecule is CCCC(=O)CCCCCCN(C(C)C)C(C)C. The highest BCUT2D eigenvalue weighted by atomic mass is 16.1. The molecule has 108 valence electrons. The van der Waals surface area contributed by atoms with Crippen molar-refractivity contribution in [2.24, 2.45) is 0 Å². The normalized spacial score (nSPS) is 11.8. The summed E-state index contributed by atoms with van der Waals surface area (Å²) < 4.78 is 0. The minimum atomic E-state index is 0.448. The topological polar surface area (TPSA) is 20.3 Å². The van der Waals surface area contributed by atoms with Crippen molar-refractivity contribution in [3.05, 3.63) is 0 Å². The lowest BCUT2D eigenvalue weighted by molar-refractivity contribution is -0.119. The number of unbranched alkanes of at least 4 members (excludes halogenated alkanes) is 3. The standard InChI is InChI=1S/C16H33NO/c1-6-11-16(18)12-9-7-8-10-13-17(14(2)3)15(4)5/h14-15H,6-13H2,1-5H3. The summed E-state index contributed by atoms with van der Waals surface area (Å²) in [6.07, 6.45) is 7.38. The van der Waals surface area contributed by atoms with E-state index < -0.39 is 0 Å². The molecule has 0 heterocycles. The maximum atomic E-state index is 11.4. The number of carbonyl (C=O) groups is 1. The zero-order valence-corrected chi connectivity index (χ0v) is 13.2. The second kappa shape index (κ2) is 10.5. The maximum Gasteiger partial charge on any atom is 0.132 e. The van der Waals surface area contributed by atoms with Crippen LogP contribution in [0.25, 0.3) is 0 Å². The molecule has 0 aromatic heterocycles. The average molecular weight is 255 g/mol. The molecule has 0 amide bonds. The van der Waals surface area contributed by atoms with Gasteiger partial charge in [-0.2, -0.15) is 0 Å². The summed E-state index contributed by atoms with van der Waals surface area (Å²) in [5, 5.41) is 0. The highest BCUT2D eigenvalue weighted by Crippen LogP contribution is 2.10. The third kappa shape index (κ3) is 8.68. The Hall–Kier alpha value is -0.370. The Morgan fingerprint density at radius 3 is 1.94 bits per heavy atom. The molecule has 0 bridgehead atoms. The van der Waals surface area contributed by atoms with Gasteiger partial charge in [0.1, 0.15) is 5.78 Å². The lowest BCUT2D eigenvalue weighted by atomic mass is 10.1. The van der Waals surface area contributed by atoms with Gasteiger partial charge in [-0.15, -0.1) is 0 Å². The molecule has 0 rings (SSSR count). The van der Waals surface area contributed by atoms with Crippen LogP contribution in [-0.4, -0.2) is 29.3 Å². The van der Waals surface area contributed by atoms with Gasteiger partial charge in [0.2, 0.25) is 0 Å². The zero-order valence-electron chi connectivity index (χ0n) is 13.2. The van der Waals surface area contributed by atoms with Crippen LogP contribution < -0.4 is 0 Å². The van der Waals surface area contributed by atoms with Crippen LogP contribution in [0.3, 0.4) is 0 Å². The van der Waals surface area contributed by atoms with E-state index in [9.17, 15) is 4.79 Å². The number of Topliss-reactive ketones (excluding diaryl/α,β-unsaturated/α-hetero) is 1. The lowest BCUT2D eigenvalue weighted by Gasteiger charge is -2.30. The summed E-state index contributed by atoms with van der Waals surface area (Å²) in [4.78, 5) is 13.9. The summed E-state index contributed by atoms with van der Waals surface area (Å²) in [5.74, 6) is 0.448. The van der Waals surface area contributed by atoms with Gasteiger partial charge in [0.15, 0.2) is 0 Å². The van der Waals surface area contributed by atoms with Crippen LogP contribution in [0.15, 0.2) is 0 Å². The minimum absolute atomic E-state index is 0.448. The van der Waals surface area contributed by atoms with Crippen molar-refractivity contribution in [3.8, 4) is 0 Å². The molecule has 0 saturated carbocycles.